The highest BCUT2D eigenvalue weighted by atomic mass is 35.5. The van der Waals surface area contributed by atoms with E-state index >= 15 is 0 Å². The van der Waals surface area contributed by atoms with Crippen LogP contribution in [-0.4, -0.2) is 9.55 Å². The van der Waals surface area contributed by atoms with Crippen molar-refractivity contribution in [3.63, 3.8) is 0 Å². The van der Waals surface area contributed by atoms with Gasteiger partial charge in [0, 0.05) is 17.6 Å². The number of rotatable bonds is 2. The SMILES string of the molecule is Cn1c(-c2cccc(Cl)c2)nc(CC#N)c1Cl. The Kier molecular flexibility index (Phi) is 3.37. The lowest BCUT2D eigenvalue weighted by molar-refractivity contribution is 0.924. The third-order valence-electron chi connectivity index (χ3n) is 2.42. The number of halogens is 2. The van der Waals surface area contributed by atoms with Crippen molar-refractivity contribution in [2.75, 3.05) is 0 Å². The van der Waals surface area contributed by atoms with E-state index in [0.29, 0.717) is 21.7 Å². The Morgan fingerprint density at radius 1 is 1.41 bits per heavy atom. The molecule has 0 radical (unpaired) electrons. The van der Waals surface area contributed by atoms with E-state index in [9.17, 15) is 0 Å². The Morgan fingerprint density at radius 3 is 2.82 bits per heavy atom. The highest BCUT2D eigenvalue weighted by molar-refractivity contribution is 6.31. The summed E-state index contributed by atoms with van der Waals surface area (Å²) < 4.78 is 1.75. The van der Waals surface area contributed by atoms with Crippen LogP contribution >= 0.6 is 23.2 Å². The molecule has 17 heavy (non-hydrogen) atoms. The molecule has 86 valence electrons. The van der Waals surface area contributed by atoms with Crippen LogP contribution in [0.15, 0.2) is 24.3 Å². The van der Waals surface area contributed by atoms with Gasteiger partial charge in [-0.05, 0) is 12.1 Å². The van der Waals surface area contributed by atoms with Crippen molar-refractivity contribution in [2.24, 2.45) is 7.05 Å². The smallest absolute Gasteiger partial charge is 0.141 e. The van der Waals surface area contributed by atoms with Gasteiger partial charge >= 0.3 is 0 Å². The van der Waals surface area contributed by atoms with Crippen molar-refractivity contribution in [1.82, 2.24) is 9.55 Å². The summed E-state index contributed by atoms with van der Waals surface area (Å²) >= 11 is 12.0. The van der Waals surface area contributed by atoms with Gasteiger partial charge in [-0.15, -0.1) is 0 Å². The third kappa shape index (κ3) is 2.28. The molecule has 0 bridgehead atoms. The van der Waals surface area contributed by atoms with Gasteiger partial charge in [-0.25, -0.2) is 4.98 Å². The van der Waals surface area contributed by atoms with Crippen molar-refractivity contribution in [2.45, 2.75) is 6.42 Å². The Hall–Kier alpha value is -1.50. The van der Waals surface area contributed by atoms with E-state index in [0.717, 1.165) is 5.56 Å². The number of imidazole rings is 1. The van der Waals surface area contributed by atoms with Gasteiger partial charge in [0.2, 0.25) is 0 Å². The van der Waals surface area contributed by atoms with Crippen LogP contribution in [0.2, 0.25) is 10.2 Å². The zero-order valence-corrected chi connectivity index (χ0v) is 10.6. The van der Waals surface area contributed by atoms with Gasteiger partial charge in [-0.2, -0.15) is 5.26 Å². The standard InChI is InChI=1S/C12H9Cl2N3/c1-17-11(14)10(5-6-15)16-12(17)8-3-2-4-9(13)7-8/h2-4,7H,5H2,1H3. The highest BCUT2D eigenvalue weighted by Crippen LogP contribution is 2.26. The highest BCUT2D eigenvalue weighted by Gasteiger charge is 2.13. The van der Waals surface area contributed by atoms with Crippen LogP contribution < -0.4 is 0 Å². The minimum atomic E-state index is 0.202. The fraction of sp³-hybridized carbons (Fsp3) is 0.167. The van der Waals surface area contributed by atoms with Gasteiger partial charge in [0.1, 0.15) is 11.0 Å². The van der Waals surface area contributed by atoms with Crippen LogP contribution in [0.25, 0.3) is 11.4 Å². The van der Waals surface area contributed by atoms with Gasteiger partial charge < -0.3 is 4.57 Å². The second kappa shape index (κ2) is 4.79. The van der Waals surface area contributed by atoms with Crippen molar-refractivity contribution in [1.29, 1.82) is 5.26 Å². The largest absolute Gasteiger partial charge is 0.318 e. The molecule has 0 amide bonds. The molecule has 0 aliphatic heterocycles. The van der Waals surface area contributed by atoms with Gasteiger partial charge in [0.15, 0.2) is 0 Å². The quantitative estimate of drug-likeness (QED) is 0.835. The van der Waals surface area contributed by atoms with E-state index in [1.807, 2.05) is 31.3 Å². The van der Waals surface area contributed by atoms with Crippen LogP contribution in [0.5, 0.6) is 0 Å². The first-order valence-corrected chi connectivity index (χ1v) is 5.73. The van der Waals surface area contributed by atoms with Crippen LogP contribution in [0.1, 0.15) is 5.69 Å². The number of nitrogens with zero attached hydrogens (tertiary/aromatic N) is 3. The minimum Gasteiger partial charge on any atom is -0.318 e. The number of nitriles is 1. The van der Waals surface area contributed by atoms with E-state index in [2.05, 4.69) is 4.98 Å². The summed E-state index contributed by atoms with van der Waals surface area (Å²) in [5, 5.41) is 9.81. The minimum absolute atomic E-state index is 0.202. The van der Waals surface area contributed by atoms with E-state index in [-0.39, 0.29) is 6.42 Å². The van der Waals surface area contributed by atoms with Crippen molar-refractivity contribution >= 4 is 23.2 Å². The predicted molar refractivity (Wildman–Crippen MR) is 68.0 cm³/mol. The Labute approximate surface area is 109 Å². The molecule has 2 aromatic rings. The maximum absolute atomic E-state index is 8.68. The van der Waals surface area contributed by atoms with Crippen LogP contribution in [-0.2, 0) is 13.5 Å². The summed E-state index contributed by atoms with van der Waals surface area (Å²) in [4.78, 5) is 4.36. The molecule has 0 saturated carbocycles. The number of hydrogen-bond donors (Lipinski definition) is 0. The Balaban J connectivity index is 2.53. The summed E-state index contributed by atoms with van der Waals surface area (Å²) in [6.45, 7) is 0. The molecule has 0 N–H and O–H groups in total. The summed E-state index contributed by atoms with van der Waals surface area (Å²) in [5.41, 5.74) is 1.47. The average Bonchev–Trinajstić information content (AvgIpc) is 2.58. The summed E-state index contributed by atoms with van der Waals surface area (Å²) in [6, 6.07) is 9.41. The molecule has 1 heterocycles. The van der Waals surface area contributed by atoms with E-state index in [4.69, 9.17) is 28.5 Å². The first-order chi connectivity index (χ1) is 8.13. The van der Waals surface area contributed by atoms with Gasteiger partial charge in [0.25, 0.3) is 0 Å². The molecule has 1 aromatic heterocycles. The summed E-state index contributed by atoms with van der Waals surface area (Å²) in [5.74, 6) is 0.711. The van der Waals surface area contributed by atoms with Crippen molar-refractivity contribution < 1.29 is 0 Å². The van der Waals surface area contributed by atoms with E-state index in [1.165, 1.54) is 0 Å². The molecule has 0 atom stereocenters. The Bertz CT molecular complexity index is 596. The predicted octanol–water partition coefficient (Wildman–Crippen LogP) is 3.46. The lowest BCUT2D eigenvalue weighted by Gasteiger charge is -2.02. The molecule has 0 saturated heterocycles. The monoisotopic (exact) mass is 265 g/mol. The lowest BCUT2D eigenvalue weighted by Crippen LogP contribution is -1.92. The first kappa shape index (κ1) is 12.0. The van der Waals surface area contributed by atoms with Gasteiger partial charge in [-0.3, -0.25) is 0 Å². The summed E-state index contributed by atoms with van der Waals surface area (Å²) in [6.07, 6.45) is 0.202. The maximum Gasteiger partial charge on any atom is 0.141 e. The lowest BCUT2D eigenvalue weighted by atomic mass is 10.2. The third-order valence-corrected chi connectivity index (χ3v) is 3.13. The van der Waals surface area contributed by atoms with Crippen molar-refractivity contribution in [3.8, 4) is 17.5 Å². The van der Waals surface area contributed by atoms with E-state index in [1.54, 1.807) is 10.6 Å². The number of aromatic nitrogens is 2. The molecule has 0 aliphatic carbocycles. The summed E-state index contributed by atoms with van der Waals surface area (Å²) in [7, 11) is 1.81. The fourth-order valence-electron chi connectivity index (χ4n) is 1.61. The molecule has 3 nitrogen and oxygen atoms in total. The van der Waals surface area contributed by atoms with Crippen LogP contribution in [0, 0.1) is 11.3 Å². The second-order valence-corrected chi connectivity index (χ2v) is 4.37. The Morgan fingerprint density at radius 2 is 2.18 bits per heavy atom. The molecule has 5 heteroatoms. The first-order valence-electron chi connectivity index (χ1n) is 4.97. The topological polar surface area (TPSA) is 41.6 Å². The van der Waals surface area contributed by atoms with E-state index < -0.39 is 0 Å². The molecule has 0 aliphatic rings. The molecule has 0 spiro atoms. The zero-order chi connectivity index (χ0) is 12.4. The second-order valence-electron chi connectivity index (χ2n) is 3.58. The van der Waals surface area contributed by atoms with Crippen LogP contribution in [0.3, 0.4) is 0 Å². The maximum atomic E-state index is 8.68. The molecule has 0 unspecified atom stereocenters. The number of hydrogen-bond acceptors (Lipinski definition) is 2. The molecular weight excluding hydrogens is 257 g/mol. The van der Waals surface area contributed by atoms with Gasteiger partial charge in [0.05, 0.1) is 18.2 Å². The molecular formula is C12H9Cl2N3. The van der Waals surface area contributed by atoms with Crippen molar-refractivity contribution in [3.05, 3.63) is 40.1 Å². The van der Waals surface area contributed by atoms with Crippen LogP contribution in [0.4, 0.5) is 0 Å². The molecule has 0 fully saturated rings. The molecule has 2 rings (SSSR count). The zero-order valence-electron chi connectivity index (χ0n) is 9.11. The fourth-order valence-corrected chi connectivity index (χ4v) is 1.99. The average molecular weight is 266 g/mol. The van der Waals surface area contributed by atoms with Gasteiger partial charge in [-0.1, -0.05) is 35.3 Å². The number of benzene rings is 1. The normalized spacial score (nSPS) is 10.2. The molecule has 1 aromatic carbocycles.